The van der Waals surface area contributed by atoms with Gasteiger partial charge >= 0.3 is 10.2 Å². The Labute approximate surface area is 126 Å². The predicted molar refractivity (Wildman–Crippen MR) is 83.8 cm³/mol. The van der Waals surface area contributed by atoms with Crippen molar-refractivity contribution in [2.75, 3.05) is 37.5 Å². The van der Waals surface area contributed by atoms with Gasteiger partial charge < -0.3 is 10.1 Å². The van der Waals surface area contributed by atoms with Crippen molar-refractivity contribution in [3.8, 4) is 5.75 Å². The fraction of sp³-hybridized carbons (Fsp3) is 0.571. The zero-order valence-electron chi connectivity index (χ0n) is 12.3. The molecule has 7 heteroatoms. The lowest BCUT2D eigenvalue weighted by Crippen LogP contribution is -2.48. The van der Waals surface area contributed by atoms with Crippen LogP contribution in [0.3, 0.4) is 0 Å². The highest BCUT2D eigenvalue weighted by molar-refractivity contribution is 7.90. The van der Waals surface area contributed by atoms with Gasteiger partial charge in [0, 0.05) is 26.2 Å². The molecule has 2 N–H and O–H groups in total. The summed E-state index contributed by atoms with van der Waals surface area (Å²) in [5.41, 5.74) is 0.552. The van der Waals surface area contributed by atoms with E-state index in [0.717, 1.165) is 18.6 Å². The highest BCUT2D eigenvalue weighted by Crippen LogP contribution is 2.18. The third-order valence-electron chi connectivity index (χ3n) is 3.28. The summed E-state index contributed by atoms with van der Waals surface area (Å²) >= 11 is 0. The first kappa shape index (κ1) is 16.1. The average Bonchev–Trinajstić information content (AvgIpc) is 2.50. The number of hydrogen-bond acceptors (Lipinski definition) is 4. The molecule has 0 atom stereocenters. The molecule has 0 radical (unpaired) electrons. The van der Waals surface area contributed by atoms with E-state index in [9.17, 15) is 8.42 Å². The second-order valence-corrected chi connectivity index (χ2v) is 6.65. The highest BCUT2D eigenvalue weighted by Gasteiger charge is 2.23. The first-order valence-corrected chi connectivity index (χ1v) is 8.77. The third kappa shape index (κ3) is 4.87. The summed E-state index contributed by atoms with van der Waals surface area (Å²) < 4.78 is 34.0. The number of piperazine rings is 1. The molecule has 1 aromatic carbocycles. The lowest BCUT2D eigenvalue weighted by molar-refractivity contribution is 0.309. The van der Waals surface area contributed by atoms with Crippen LogP contribution in [-0.2, 0) is 10.2 Å². The van der Waals surface area contributed by atoms with E-state index in [1.165, 1.54) is 4.31 Å². The SMILES string of the molecule is CCCCOc1ccc(NS(=O)(=O)N2CCNCC2)cc1. The molecule has 1 saturated heterocycles. The van der Waals surface area contributed by atoms with Crippen LogP contribution in [0.2, 0.25) is 0 Å². The maximum Gasteiger partial charge on any atom is 0.301 e. The number of nitrogens with zero attached hydrogens (tertiary/aromatic N) is 1. The van der Waals surface area contributed by atoms with Crippen molar-refractivity contribution in [3.63, 3.8) is 0 Å². The van der Waals surface area contributed by atoms with Gasteiger partial charge in [-0.2, -0.15) is 12.7 Å². The van der Waals surface area contributed by atoms with Gasteiger partial charge in [-0.1, -0.05) is 13.3 Å². The Balaban J connectivity index is 1.92. The van der Waals surface area contributed by atoms with E-state index in [1.807, 2.05) is 0 Å². The molecule has 1 fully saturated rings. The van der Waals surface area contributed by atoms with Crippen LogP contribution >= 0.6 is 0 Å². The van der Waals surface area contributed by atoms with E-state index in [0.29, 0.717) is 38.5 Å². The minimum atomic E-state index is -3.47. The van der Waals surface area contributed by atoms with Gasteiger partial charge in [-0.15, -0.1) is 0 Å². The fourth-order valence-electron chi connectivity index (χ4n) is 2.05. The molecule has 0 aliphatic carbocycles. The van der Waals surface area contributed by atoms with Crippen LogP contribution in [0.1, 0.15) is 19.8 Å². The molecule has 0 spiro atoms. The molecule has 21 heavy (non-hydrogen) atoms. The van der Waals surface area contributed by atoms with Crippen molar-refractivity contribution in [2.45, 2.75) is 19.8 Å². The summed E-state index contributed by atoms with van der Waals surface area (Å²) in [6, 6.07) is 7.01. The Morgan fingerprint density at radius 3 is 2.52 bits per heavy atom. The monoisotopic (exact) mass is 313 g/mol. The first-order chi connectivity index (χ1) is 10.1. The van der Waals surface area contributed by atoms with Crippen LogP contribution < -0.4 is 14.8 Å². The molecule has 1 aliphatic rings. The first-order valence-electron chi connectivity index (χ1n) is 7.33. The Bertz CT molecular complexity index is 525. The Morgan fingerprint density at radius 2 is 1.90 bits per heavy atom. The topological polar surface area (TPSA) is 70.7 Å². The molecular weight excluding hydrogens is 290 g/mol. The van der Waals surface area contributed by atoms with E-state index in [2.05, 4.69) is 17.0 Å². The van der Waals surface area contributed by atoms with E-state index in [-0.39, 0.29) is 0 Å². The summed E-state index contributed by atoms with van der Waals surface area (Å²) in [7, 11) is -3.47. The lowest BCUT2D eigenvalue weighted by Gasteiger charge is -2.26. The van der Waals surface area contributed by atoms with Crippen LogP contribution in [0, 0.1) is 0 Å². The van der Waals surface area contributed by atoms with E-state index in [1.54, 1.807) is 24.3 Å². The van der Waals surface area contributed by atoms with E-state index >= 15 is 0 Å². The summed E-state index contributed by atoms with van der Waals surface area (Å²) in [5, 5.41) is 3.13. The Morgan fingerprint density at radius 1 is 1.24 bits per heavy atom. The molecule has 0 amide bonds. The van der Waals surface area contributed by atoms with Crippen molar-refractivity contribution in [1.29, 1.82) is 0 Å². The summed E-state index contributed by atoms with van der Waals surface area (Å²) in [6.07, 6.45) is 2.10. The van der Waals surface area contributed by atoms with Crippen LogP contribution in [0.25, 0.3) is 0 Å². The largest absolute Gasteiger partial charge is 0.494 e. The molecular formula is C14H23N3O3S. The van der Waals surface area contributed by atoms with Crippen molar-refractivity contribution in [3.05, 3.63) is 24.3 Å². The summed E-state index contributed by atoms with van der Waals surface area (Å²) in [4.78, 5) is 0. The number of anilines is 1. The van der Waals surface area contributed by atoms with Gasteiger partial charge in [0.15, 0.2) is 0 Å². The Kier molecular flexibility index (Phi) is 5.84. The standard InChI is InChI=1S/C14H23N3O3S/c1-2-3-12-20-14-6-4-13(5-7-14)16-21(18,19)17-10-8-15-9-11-17/h4-7,15-16H,2-3,8-12H2,1H3. The third-order valence-corrected chi connectivity index (χ3v) is 4.82. The number of unbranched alkanes of at least 4 members (excludes halogenated alkanes) is 1. The molecule has 0 unspecified atom stereocenters. The molecule has 0 saturated carbocycles. The average molecular weight is 313 g/mol. The highest BCUT2D eigenvalue weighted by atomic mass is 32.2. The van der Waals surface area contributed by atoms with Gasteiger partial charge in [-0.05, 0) is 30.7 Å². The van der Waals surface area contributed by atoms with Crippen molar-refractivity contribution in [2.24, 2.45) is 0 Å². The Hall–Kier alpha value is -1.31. The number of nitrogens with one attached hydrogen (secondary N) is 2. The molecule has 2 rings (SSSR count). The van der Waals surface area contributed by atoms with Gasteiger partial charge in [0.05, 0.1) is 12.3 Å². The van der Waals surface area contributed by atoms with E-state index < -0.39 is 10.2 Å². The van der Waals surface area contributed by atoms with Gasteiger partial charge in [0.25, 0.3) is 0 Å². The van der Waals surface area contributed by atoms with Gasteiger partial charge in [-0.25, -0.2) is 0 Å². The lowest BCUT2D eigenvalue weighted by atomic mass is 10.3. The van der Waals surface area contributed by atoms with Crippen molar-refractivity contribution in [1.82, 2.24) is 9.62 Å². The van der Waals surface area contributed by atoms with Crippen LogP contribution in [0.5, 0.6) is 5.75 Å². The summed E-state index contributed by atoms with van der Waals surface area (Å²) in [6.45, 7) is 5.15. The number of benzene rings is 1. The number of rotatable bonds is 7. The van der Waals surface area contributed by atoms with E-state index in [4.69, 9.17) is 4.74 Å². The smallest absolute Gasteiger partial charge is 0.301 e. The minimum absolute atomic E-state index is 0.494. The van der Waals surface area contributed by atoms with Gasteiger partial charge in [0.2, 0.25) is 0 Å². The molecule has 0 aromatic heterocycles. The van der Waals surface area contributed by atoms with Crippen LogP contribution in [0.15, 0.2) is 24.3 Å². The molecule has 6 nitrogen and oxygen atoms in total. The minimum Gasteiger partial charge on any atom is -0.494 e. The van der Waals surface area contributed by atoms with Crippen molar-refractivity contribution < 1.29 is 13.2 Å². The quantitative estimate of drug-likeness (QED) is 0.747. The van der Waals surface area contributed by atoms with Crippen LogP contribution in [-0.4, -0.2) is 45.5 Å². The van der Waals surface area contributed by atoms with Crippen molar-refractivity contribution >= 4 is 15.9 Å². The fourth-order valence-corrected chi connectivity index (χ4v) is 3.28. The van der Waals surface area contributed by atoms with Gasteiger partial charge in [-0.3, -0.25) is 4.72 Å². The maximum absolute atomic E-state index is 12.2. The summed E-state index contributed by atoms with van der Waals surface area (Å²) in [5.74, 6) is 0.758. The van der Waals surface area contributed by atoms with Gasteiger partial charge in [0.1, 0.15) is 5.75 Å². The molecule has 1 heterocycles. The predicted octanol–water partition coefficient (Wildman–Crippen LogP) is 1.43. The molecule has 1 aliphatic heterocycles. The number of hydrogen-bond donors (Lipinski definition) is 2. The molecule has 1 aromatic rings. The van der Waals surface area contributed by atoms with Crippen LogP contribution in [0.4, 0.5) is 5.69 Å². The second-order valence-electron chi connectivity index (χ2n) is 4.98. The zero-order chi connectivity index (χ0) is 15.1. The maximum atomic E-state index is 12.2. The zero-order valence-corrected chi connectivity index (χ0v) is 13.2. The molecule has 0 bridgehead atoms. The number of ether oxygens (including phenoxy) is 1. The molecule has 118 valence electrons. The second kappa shape index (κ2) is 7.63. The normalized spacial score (nSPS) is 16.6.